The van der Waals surface area contributed by atoms with Crippen molar-refractivity contribution in [1.82, 2.24) is 10.2 Å². The van der Waals surface area contributed by atoms with Gasteiger partial charge in [0.15, 0.2) is 0 Å². The van der Waals surface area contributed by atoms with Crippen LogP contribution >= 0.6 is 0 Å². The van der Waals surface area contributed by atoms with Crippen LogP contribution in [0.2, 0.25) is 0 Å². The molecule has 0 radical (unpaired) electrons. The average Bonchev–Trinajstić information content (AvgIpc) is 2.48. The monoisotopic (exact) mass is 304 g/mol. The lowest BCUT2D eigenvalue weighted by molar-refractivity contribution is 0.0305. The van der Waals surface area contributed by atoms with Crippen molar-refractivity contribution in [3.63, 3.8) is 0 Å². The zero-order valence-electron chi connectivity index (χ0n) is 14.8. The van der Waals surface area contributed by atoms with Gasteiger partial charge in [-0.05, 0) is 16.5 Å². The molecule has 1 atom stereocenters. The summed E-state index contributed by atoms with van der Waals surface area (Å²) < 4.78 is 0. The lowest BCUT2D eigenvalue weighted by Gasteiger charge is -2.43. The number of hydrogen-bond donors (Lipinski definition) is 2. The van der Waals surface area contributed by atoms with Crippen LogP contribution in [-0.2, 0) is 5.41 Å². The molecule has 0 aromatic heterocycles. The summed E-state index contributed by atoms with van der Waals surface area (Å²) in [6, 6.07) is 9.26. The molecule has 0 aliphatic carbocycles. The van der Waals surface area contributed by atoms with Crippen LogP contribution in [0.5, 0.6) is 0 Å². The van der Waals surface area contributed by atoms with Crippen LogP contribution in [0.25, 0.3) is 0 Å². The fourth-order valence-electron chi connectivity index (χ4n) is 3.35. The van der Waals surface area contributed by atoms with E-state index in [1.54, 1.807) is 0 Å². The Balaban J connectivity index is 2.32. The second-order valence-corrected chi connectivity index (χ2v) is 8.21. The van der Waals surface area contributed by atoms with Gasteiger partial charge in [0.05, 0.1) is 0 Å². The van der Waals surface area contributed by atoms with E-state index in [0.717, 1.165) is 26.2 Å². The van der Waals surface area contributed by atoms with Gasteiger partial charge in [-0.2, -0.15) is 0 Å². The first-order valence-electron chi connectivity index (χ1n) is 8.42. The summed E-state index contributed by atoms with van der Waals surface area (Å²) in [5, 5.41) is 13.3. The van der Waals surface area contributed by atoms with Crippen molar-refractivity contribution in [2.45, 2.75) is 46.1 Å². The molecule has 3 nitrogen and oxygen atoms in total. The van der Waals surface area contributed by atoms with Crippen LogP contribution < -0.4 is 5.32 Å². The molecule has 1 aliphatic rings. The highest BCUT2D eigenvalue weighted by atomic mass is 16.3. The number of aliphatic hydroxyl groups is 1. The van der Waals surface area contributed by atoms with E-state index in [4.69, 9.17) is 0 Å². The Bertz CT molecular complexity index is 467. The lowest BCUT2D eigenvalue weighted by atomic mass is 9.78. The minimum atomic E-state index is -0.152. The van der Waals surface area contributed by atoms with Gasteiger partial charge in [0, 0.05) is 44.2 Å². The Hall–Kier alpha value is -0.900. The Labute approximate surface area is 135 Å². The molecule has 1 aromatic rings. The number of nitrogens with zero attached hydrogens (tertiary/aromatic N) is 1. The highest BCUT2D eigenvalue weighted by Gasteiger charge is 2.35. The van der Waals surface area contributed by atoms with E-state index in [1.165, 1.54) is 11.1 Å². The molecular weight excluding hydrogens is 272 g/mol. The quantitative estimate of drug-likeness (QED) is 0.898. The highest BCUT2D eigenvalue weighted by molar-refractivity contribution is 5.30. The molecule has 1 heterocycles. The van der Waals surface area contributed by atoms with Crippen molar-refractivity contribution in [1.29, 1.82) is 0 Å². The van der Waals surface area contributed by atoms with Gasteiger partial charge < -0.3 is 10.4 Å². The number of nitrogens with one attached hydrogen (secondary N) is 1. The van der Waals surface area contributed by atoms with E-state index >= 15 is 0 Å². The van der Waals surface area contributed by atoms with Gasteiger partial charge in [-0.25, -0.2) is 0 Å². The van der Waals surface area contributed by atoms with Gasteiger partial charge in [-0.1, -0.05) is 58.9 Å². The predicted molar refractivity (Wildman–Crippen MR) is 93.2 cm³/mol. The summed E-state index contributed by atoms with van der Waals surface area (Å²) in [4.78, 5) is 2.51. The fraction of sp³-hybridized carbons (Fsp3) is 0.684. The number of hydrogen-bond acceptors (Lipinski definition) is 3. The van der Waals surface area contributed by atoms with Crippen LogP contribution in [0.4, 0.5) is 0 Å². The maximum Gasteiger partial charge on any atom is 0.0500 e. The van der Waals surface area contributed by atoms with Crippen molar-refractivity contribution in [3.8, 4) is 0 Å². The van der Waals surface area contributed by atoms with Crippen molar-refractivity contribution < 1.29 is 5.11 Å². The van der Waals surface area contributed by atoms with E-state index in [1.807, 2.05) is 0 Å². The minimum Gasteiger partial charge on any atom is -0.396 e. The summed E-state index contributed by atoms with van der Waals surface area (Å²) >= 11 is 0. The summed E-state index contributed by atoms with van der Waals surface area (Å²) in [7, 11) is 0. The van der Waals surface area contributed by atoms with Crippen LogP contribution in [-0.4, -0.2) is 42.8 Å². The van der Waals surface area contributed by atoms with E-state index in [-0.39, 0.29) is 23.5 Å². The van der Waals surface area contributed by atoms with Crippen LogP contribution in [0, 0.1) is 5.41 Å². The first kappa shape index (κ1) is 17.5. The zero-order chi connectivity index (χ0) is 16.4. The lowest BCUT2D eigenvalue weighted by Crippen LogP contribution is -2.49. The Morgan fingerprint density at radius 1 is 1.05 bits per heavy atom. The van der Waals surface area contributed by atoms with Gasteiger partial charge in [0.25, 0.3) is 0 Å². The highest BCUT2D eigenvalue weighted by Crippen LogP contribution is 2.38. The van der Waals surface area contributed by atoms with Gasteiger partial charge in [-0.3, -0.25) is 4.90 Å². The number of piperazine rings is 1. The van der Waals surface area contributed by atoms with E-state index < -0.39 is 0 Å². The molecule has 0 unspecified atom stereocenters. The number of rotatable bonds is 4. The first-order chi connectivity index (χ1) is 10.3. The molecule has 124 valence electrons. The van der Waals surface area contributed by atoms with E-state index in [2.05, 4.69) is 69.1 Å². The van der Waals surface area contributed by atoms with Crippen LogP contribution in [0.15, 0.2) is 24.3 Å². The molecule has 0 bridgehead atoms. The topological polar surface area (TPSA) is 35.5 Å². The van der Waals surface area contributed by atoms with Crippen molar-refractivity contribution in [2.75, 3.05) is 32.8 Å². The van der Waals surface area contributed by atoms with Gasteiger partial charge in [0.2, 0.25) is 0 Å². The van der Waals surface area contributed by atoms with Gasteiger partial charge in [-0.15, -0.1) is 0 Å². The summed E-state index contributed by atoms with van der Waals surface area (Å²) in [6.45, 7) is 15.4. The SMILES string of the molecule is CC(C)(C)c1ccc([C@H](N2CCNCC2)C(C)(C)CO)cc1. The predicted octanol–water partition coefficient (Wildman–Crippen LogP) is 2.95. The van der Waals surface area contributed by atoms with Gasteiger partial charge >= 0.3 is 0 Å². The van der Waals surface area contributed by atoms with E-state index in [9.17, 15) is 5.11 Å². The average molecular weight is 304 g/mol. The third kappa shape index (κ3) is 3.89. The molecule has 1 aromatic carbocycles. The molecule has 1 aliphatic heterocycles. The molecule has 22 heavy (non-hydrogen) atoms. The second-order valence-electron chi connectivity index (χ2n) is 8.21. The zero-order valence-corrected chi connectivity index (χ0v) is 14.8. The normalized spacial score (nSPS) is 19.2. The minimum absolute atomic E-state index is 0.152. The summed E-state index contributed by atoms with van der Waals surface area (Å²) in [5.74, 6) is 0. The maximum absolute atomic E-state index is 9.90. The van der Waals surface area contributed by atoms with Crippen molar-refractivity contribution in [3.05, 3.63) is 35.4 Å². The Morgan fingerprint density at radius 3 is 2.05 bits per heavy atom. The van der Waals surface area contributed by atoms with E-state index in [0.29, 0.717) is 0 Å². The maximum atomic E-state index is 9.90. The molecular formula is C19H32N2O. The molecule has 1 saturated heterocycles. The third-order valence-electron chi connectivity index (χ3n) is 4.76. The Morgan fingerprint density at radius 2 is 1.59 bits per heavy atom. The summed E-state index contributed by atoms with van der Waals surface area (Å²) in [6.07, 6.45) is 0. The fourth-order valence-corrected chi connectivity index (χ4v) is 3.35. The molecule has 0 spiro atoms. The molecule has 3 heteroatoms. The number of benzene rings is 1. The van der Waals surface area contributed by atoms with Gasteiger partial charge in [0.1, 0.15) is 0 Å². The first-order valence-corrected chi connectivity index (χ1v) is 8.42. The summed E-state index contributed by atoms with van der Waals surface area (Å²) in [5.41, 5.74) is 2.70. The largest absolute Gasteiger partial charge is 0.396 e. The van der Waals surface area contributed by atoms with Crippen LogP contribution in [0.3, 0.4) is 0 Å². The molecule has 2 rings (SSSR count). The third-order valence-corrected chi connectivity index (χ3v) is 4.76. The van der Waals surface area contributed by atoms with Crippen molar-refractivity contribution >= 4 is 0 Å². The molecule has 0 saturated carbocycles. The smallest absolute Gasteiger partial charge is 0.0500 e. The molecule has 0 amide bonds. The van der Waals surface area contributed by atoms with Crippen LogP contribution in [0.1, 0.15) is 51.8 Å². The Kier molecular flexibility index (Phi) is 5.31. The molecule has 2 N–H and O–H groups in total. The molecule has 1 fully saturated rings. The number of aliphatic hydroxyl groups excluding tert-OH is 1. The second kappa shape index (κ2) is 6.69. The van der Waals surface area contributed by atoms with Crippen molar-refractivity contribution in [2.24, 2.45) is 5.41 Å². The standard InChI is InChI=1S/C19H32N2O/c1-18(2,3)16-8-6-15(7-9-16)17(19(4,5)14-22)21-12-10-20-11-13-21/h6-9,17,20,22H,10-14H2,1-5H3/t17-/m0/s1.